The third-order valence-corrected chi connectivity index (χ3v) is 27.5. The third-order valence-electron chi connectivity index (χ3n) is 21.8. The van der Waals surface area contributed by atoms with Crippen molar-refractivity contribution in [2.75, 3.05) is 63.9 Å². The number of aromatic amines is 3. The van der Waals surface area contributed by atoms with Crippen molar-refractivity contribution in [2.45, 2.75) is 253 Å². The zero-order valence-electron chi connectivity index (χ0n) is 64.9. The second-order valence-corrected chi connectivity index (χ2v) is 39.7. The number of phosphoric ester groups is 1. The molecule has 1 amide bonds. The van der Waals surface area contributed by atoms with Crippen LogP contribution in [0.2, 0.25) is 0 Å². The zero-order chi connectivity index (χ0) is 83.4. The number of H-pyrrole nitrogens is 3. The molecule has 6 aliphatic heterocycles. The molecule has 20 atom stereocenters. The topological polar surface area (TPSA) is 566 Å². The number of aromatic nitrogens is 14. The van der Waals surface area contributed by atoms with E-state index in [9.17, 15) is 43.2 Å². The molecule has 0 saturated carbocycles. The molecule has 6 unspecified atom stereocenters. The molecule has 13 rings (SSSR count). The normalized spacial score (nSPS) is 29.0. The Labute approximate surface area is 684 Å². The standard InChI is InChI=1S/C67H100N18O25P4S3/c1-6-7-8-9-10-11-12-13-14-15-16-17-20-23-44(86)71-24-21-18-19-22-25-97-111(91,92)100-31-66-38(3)103-51(62(107-66)85-36-76-49-57(85)78-64(70)80-60(49)89)53(66)110-114(95,117)101-32-67-39(4)102-50(61(106-67)82-28-37(2)58(87)81-65(82)90)52(67)109-113(94,116)99-30-43-41(27-46(105-43)83-34-74-47-54(68)72-33-73-55(47)83)108-112(93,115)98-29-42-40(96-5)26-45(104-42)84-35-75-48-56(84)77-63(69)79-59(48)88/h28,33-36,38-43,45-46,50-53,61-62H,6-27,29-32H2,1-5H3,(H,71,86)(H,91,92)(H,93,115)(H,94,116)(H,95,117)(H2,68,72,73)(H,81,87,90)(H3,69,77,79,88)(H3,70,78,80,89)/t38-,39-,40+,41+,42+,43+,45+,46+,50?,51?,52+,53+,61+,62+,66-,67-,112?,113?,114?/m0/s1. The van der Waals surface area contributed by atoms with Crippen LogP contribution in [0.1, 0.15) is 180 Å². The van der Waals surface area contributed by atoms with Crippen molar-refractivity contribution >= 4 is 121 Å². The van der Waals surface area contributed by atoms with E-state index in [1.165, 1.54) is 130 Å². The molecule has 6 saturated heterocycles. The molecule has 7 aromatic rings. The number of carbonyl (C=O) groups excluding carboxylic acids is 1. The van der Waals surface area contributed by atoms with Gasteiger partial charge in [-0.2, -0.15) is 9.97 Å². The number of ether oxygens (including phenoxy) is 7. The first kappa shape index (κ1) is 89.0. The number of methoxy groups -OCH3 is 1. The highest BCUT2D eigenvalue weighted by atomic mass is 32.7. The number of fused-ring (bicyclic) bond motifs is 7. The van der Waals surface area contributed by atoms with Gasteiger partial charge in [0, 0.05) is 44.7 Å². The lowest BCUT2D eigenvalue weighted by Gasteiger charge is -2.38. The van der Waals surface area contributed by atoms with Gasteiger partial charge in [-0.05, 0) is 63.6 Å². The van der Waals surface area contributed by atoms with Crippen LogP contribution in [0, 0.1) is 6.92 Å². The van der Waals surface area contributed by atoms with Gasteiger partial charge < -0.3 is 83.9 Å². The number of phosphoric acid groups is 1. The molecule has 6 fully saturated rings. The van der Waals surface area contributed by atoms with Crippen molar-refractivity contribution < 1.29 is 98.0 Å². The molecule has 4 bridgehead atoms. The fourth-order valence-corrected chi connectivity index (χ4v) is 20.8. The van der Waals surface area contributed by atoms with Gasteiger partial charge in [0.1, 0.15) is 72.1 Å². The minimum Gasteiger partial charge on any atom is -0.382 e. The van der Waals surface area contributed by atoms with Gasteiger partial charge in [0.15, 0.2) is 46.2 Å². The van der Waals surface area contributed by atoms with Crippen LogP contribution >= 0.6 is 40.3 Å². The van der Waals surface area contributed by atoms with E-state index in [-0.39, 0.29) is 88.7 Å². The number of hydrogen-bond acceptors (Lipinski definition) is 34. The Morgan fingerprint density at radius 3 is 1.74 bits per heavy atom. The summed E-state index contributed by atoms with van der Waals surface area (Å²) in [6.45, 7) is -9.77. The number of nitrogens with one attached hydrogen (secondary N) is 4. The summed E-state index contributed by atoms with van der Waals surface area (Å²) in [7, 11) is -3.50. The van der Waals surface area contributed by atoms with Crippen molar-refractivity contribution in [1.82, 2.24) is 73.4 Å². The Balaban J connectivity index is 0.670. The lowest BCUT2D eigenvalue weighted by molar-refractivity contribution is -0.217. The second kappa shape index (κ2) is 37.9. The zero-order valence-corrected chi connectivity index (χ0v) is 71.0. The number of amides is 1. The number of carbonyl (C=O) groups is 1. The summed E-state index contributed by atoms with van der Waals surface area (Å²) in [5.41, 5.74) is 11.5. The van der Waals surface area contributed by atoms with Crippen LogP contribution in [0.15, 0.2) is 50.7 Å². The molecule has 7 aromatic heterocycles. The predicted octanol–water partition coefficient (Wildman–Crippen LogP) is 6.37. The molecular weight excluding hydrogens is 1680 g/mol. The summed E-state index contributed by atoms with van der Waals surface area (Å²) in [5, 5.41) is 2.98. The fourth-order valence-electron chi connectivity index (χ4n) is 15.6. The second-order valence-electron chi connectivity index (χ2n) is 29.8. The largest absolute Gasteiger partial charge is 0.472 e. The summed E-state index contributed by atoms with van der Waals surface area (Å²) in [6.07, 6.45) is 8.09. The summed E-state index contributed by atoms with van der Waals surface area (Å²) >= 11 is 15.9. The third kappa shape index (κ3) is 20.4. The summed E-state index contributed by atoms with van der Waals surface area (Å²) in [5.74, 6) is -0.367. The van der Waals surface area contributed by atoms with Gasteiger partial charge in [0.05, 0.1) is 76.4 Å². The lowest BCUT2D eigenvalue weighted by Crippen LogP contribution is -2.51. The number of hydrogen-bond donors (Lipinski definition) is 11. The average Bonchev–Trinajstić information content (AvgIpc) is 1.55. The van der Waals surface area contributed by atoms with E-state index in [2.05, 4.69) is 74.3 Å². The Morgan fingerprint density at radius 1 is 0.607 bits per heavy atom. The van der Waals surface area contributed by atoms with Crippen LogP contribution < -0.4 is 44.9 Å². The van der Waals surface area contributed by atoms with E-state index in [1.54, 1.807) is 6.92 Å². The first-order valence-corrected chi connectivity index (χ1v) is 48.2. The smallest absolute Gasteiger partial charge is 0.382 e. The average molecular weight is 1780 g/mol. The van der Waals surface area contributed by atoms with Crippen molar-refractivity contribution in [2.24, 2.45) is 0 Å². The molecule has 117 heavy (non-hydrogen) atoms. The number of nitrogens with two attached hydrogens (primary N) is 3. The molecule has 0 aliphatic carbocycles. The van der Waals surface area contributed by atoms with Crippen LogP contribution in [-0.4, -0.2) is 208 Å². The summed E-state index contributed by atoms with van der Waals surface area (Å²) < 4.78 is 128. The van der Waals surface area contributed by atoms with Gasteiger partial charge in [-0.1, -0.05) is 109 Å². The van der Waals surface area contributed by atoms with Crippen molar-refractivity contribution in [3.8, 4) is 0 Å². The number of nitrogens with zero attached hydrogens (tertiary/aromatic N) is 11. The van der Waals surface area contributed by atoms with E-state index in [0.717, 1.165) is 23.8 Å². The van der Waals surface area contributed by atoms with Crippen molar-refractivity contribution in [3.63, 3.8) is 0 Å². The maximum absolute atomic E-state index is 15.2. The number of imidazole rings is 3. The highest BCUT2D eigenvalue weighted by molar-refractivity contribution is 8.44. The SMILES string of the molecule is CCCCCCCCCCCCCCCC(=O)NCCCCCCOP(=O)(O)OC[C@]12O[C@@H](n3cnc4c(=O)[nH]c(N)nc43)C(O[C@H]1C)[C@H]2OP(O)(=S)OC[C@]12O[C@@H](n3cc(C)c(=O)[nH]c3=O)C(O[C@H]1C)[C@H]2OP(=O)(S)OC[C@H]1O[C@@H](n2cnc3c(N)ncnc32)C[C@H]1OP(O)(=S)OC[C@H]1O[C@@H](n2cnc3c(=O)[nH]c(N)nc32)C[C@H]1OC. The van der Waals surface area contributed by atoms with Gasteiger partial charge in [-0.25, -0.2) is 38.8 Å². The van der Waals surface area contributed by atoms with E-state index in [0.29, 0.717) is 38.6 Å². The highest BCUT2D eigenvalue weighted by Crippen LogP contribution is 2.64. The minimum absolute atomic E-state index is 0.00917. The molecule has 646 valence electrons. The number of anilines is 3. The molecule has 43 nitrogen and oxygen atoms in total. The van der Waals surface area contributed by atoms with Crippen molar-refractivity contribution in [1.29, 1.82) is 0 Å². The summed E-state index contributed by atoms with van der Waals surface area (Å²) in [4.78, 5) is 137. The number of rotatable bonds is 45. The highest BCUT2D eigenvalue weighted by Gasteiger charge is 2.71. The summed E-state index contributed by atoms with van der Waals surface area (Å²) in [6, 6.07) is 0. The molecule has 50 heteroatoms. The minimum atomic E-state index is -4.94. The molecule has 6 aliphatic rings. The van der Waals surface area contributed by atoms with Gasteiger partial charge in [0.2, 0.25) is 17.8 Å². The number of aryl methyl sites for hydroxylation is 1. The first-order chi connectivity index (χ1) is 55.8. The Bertz CT molecular complexity index is 5120. The number of unbranched alkanes of at least 4 members (excludes halogenated alkanes) is 15. The lowest BCUT2D eigenvalue weighted by atomic mass is 9.94. The van der Waals surface area contributed by atoms with Crippen LogP contribution in [0.25, 0.3) is 33.5 Å². The molecule has 0 radical (unpaired) electrons. The monoisotopic (exact) mass is 1780 g/mol. The predicted molar refractivity (Wildman–Crippen MR) is 429 cm³/mol. The Morgan fingerprint density at radius 2 is 1.12 bits per heavy atom. The maximum Gasteiger partial charge on any atom is 0.472 e. The van der Waals surface area contributed by atoms with Gasteiger partial charge >= 0.3 is 33.7 Å². The Hall–Kier alpha value is -5.81. The number of thiol groups is 1. The van der Waals surface area contributed by atoms with Crippen LogP contribution in [0.3, 0.4) is 0 Å². The van der Waals surface area contributed by atoms with E-state index in [1.807, 2.05) is 0 Å². The maximum atomic E-state index is 15.2. The molecular formula is C67H100N18O25P4S3. The van der Waals surface area contributed by atoms with E-state index < -0.39 is 167 Å². The molecule has 0 aromatic carbocycles. The van der Waals surface area contributed by atoms with Gasteiger partial charge in [0.25, 0.3) is 16.7 Å². The van der Waals surface area contributed by atoms with Crippen LogP contribution in [-0.2, 0) is 107 Å². The Kier molecular flexibility index (Phi) is 28.8. The number of nitrogen functional groups attached to an aromatic ring is 3. The quantitative estimate of drug-likeness (QED) is 0.0112. The first-order valence-electron chi connectivity index (χ1n) is 38.9. The molecule has 13 heterocycles. The van der Waals surface area contributed by atoms with Gasteiger partial charge in [-0.15, -0.1) is 0 Å². The van der Waals surface area contributed by atoms with E-state index in [4.69, 9.17) is 110 Å². The van der Waals surface area contributed by atoms with Crippen molar-refractivity contribution in [3.05, 3.63) is 78.6 Å². The van der Waals surface area contributed by atoms with E-state index >= 15 is 4.57 Å². The fraction of sp³-hybridized carbons (Fsp3) is 0.701. The molecule has 0 spiro atoms. The van der Waals surface area contributed by atoms with Crippen LogP contribution in [0.4, 0.5) is 17.7 Å². The molecule has 13 N–H and O–H groups in total. The van der Waals surface area contributed by atoms with Crippen LogP contribution in [0.5, 0.6) is 0 Å². The van der Waals surface area contributed by atoms with Gasteiger partial charge in [-0.3, -0.25) is 75.0 Å².